The van der Waals surface area contributed by atoms with E-state index in [1.165, 1.54) is 4.90 Å². The van der Waals surface area contributed by atoms with Gasteiger partial charge in [-0.3, -0.25) is 4.79 Å². The minimum absolute atomic E-state index is 0.104. The molecule has 1 aromatic heterocycles. The first kappa shape index (κ1) is 13.8. The first-order valence-electron chi connectivity index (χ1n) is 6.80. The number of amides is 1. The molecule has 1 aromatic carbocycles. The van der Waals surface area contributed by atoms with Crippen LogP contribution in [-0.2, 0) is 7.05 Å². The molecule has 2 aromatic rings. The molecule has 2 heterocycles. The SMILES string of the molecule is C=Cc1ccc2c(C(=O)N3CCC(F)(F)C3)cn(C)c2c1. The van der Waals surface area contributed by atoms with Gasteiger partial charge in [0, 0.05) is 37.1 Å². The van der Waals surface area contributed by atoms with Crippen LogP contribution in [0.4, 0.5) is 8.78 Å². The monoisotopic (exact) mass is 290 g/mol. The fourth-order valence-corrected chi connectivity index (χ4v) is 2.78. The average molecular weight is 290 g/mol. The van der Waals surface area contributed by atoms with Crippen LogP contribution in [0.1, 0.15) is 22.3 Å². The Bertz CT molecular complexity index is 733. The van der Waals surface area contributed by atoms with Gasteiger partial charge in [0.25, 0.3) is 11.8 Å². The molecule has 0 bridgehead atoms. The van der Waals surface area contributed by atoms with Gasteiger partial charge in [0.1, 0.15) is 0 Å². The first-order valence-corrected chi connectivity index (χ1v) is 6.80. The maximum atomic E-state index is 13.3. The molecule has 1 amide bonds. The minimum atomic E-state index is -2.77. The van der Waals surface area contributed by atoms with Crippen LogP contribution in [0.3, 0.4) is 0 Å². The Kier molecular flexibility index (Phi) is 3.08. The summed E-state index contributed by atoms with van der Waals surface area (Å²) in [7, 11) is 1.84. The van der Waals surface area contributed by atoms with Gasteiger partial charge in [0.05, 0.1) is 12.1 Å². The second kappa shape index (κ2) is 4.69. The molecule has 0 saturated carbocycles. The highest BCUT2D eigenvalue weighted by Crippen LogP contribution is 2.30. The predicted molar refractivity (Wildman–Crippen MR) is 78.5 cm³/mol. The van der Waals surface area contributed by atoms with E-state index < -0.39 is 12.5 Å². The molecule has 21 heavy (non-hydrogen) atoms. The fraction of sp³-hybridized carbons (Fsp3) is 0.312. The molecule has 0 N–H and O–H groups in total. The van der Waals surface area contributed by atoms with Crippen LogP contribution in [-0.4, -0.2) is 34.4 Å². The molecule has 0 unspecified atom stereocenters. The van der Waals surface area contributed by atoms with Crippen molar-refractivity contribution in [1.29, 1.82) is 0 Å². The molecule has 0 radical (unpaired) electrons. The lowest BCUT2D eigenvalue weighted by molar-refractivity contribution is 0.0120. The Morgan fingerprint density at radius 2 is 2.19 bits per heavy atom. The van der Waals surface area contributed by atoms with Gasteiger partial charge in [-0.15, -0.1) is 0 Å². The molecule has 0 spiro atoms. The van der Waals surface area contributed by atoms with Crippen LogP contribution in [0.25, 0.3) is 17.0 Å². The van der Waals surface area contributed by atoms with Crippen molar-refractivity contribution in [2.45, 2.75) is 12.3 Å². The Labute approximate surface area is 121 Å². The molecule has 5 heteroatoms. The van der Waals surface area contributed by atoms with E-state index in [4.69, 9.17) is 0 Å². The average Bonchev–Trinajstić information content (AvgIpc) is 2.98. The number of halogens is 2. The third-order valence-electron chi connectivity index (χ3n) is 3.94. The number of likely N-dealkylation sites (tertiary alicyclic amines) is 1. The summed E-state index contributed by atoms with van der Waals surface area (Å²) >= 11 is 0. The van der Waals surface area contributed by atoms with E-state index >= 15 is 0 Å². The van der Waals surface area contributed by atoms with Crippen molar-refractivity contribution in [2.75, 3.05) is 13.1 Å². The van der Waals surface area contributed by atoms with E-state index in [9.17, 15) is 13.6 Å². The van der Waals surface area contributed by atoms with Crippen LogP contribution in [0.15, 0.2) is 31.0 Å². The minimum Gasteiger partial charge on any atom is -0.350 e. The van der Waals surface area contributed by atoms with Crippen molar-refractivity contribution >= 4 is 22.9 Å². The highest BCUT2D eigenvalue weighted by atomic mass is 19.3. The number of aryl methyl sites for hydroxylation is 1. The number of rotatable bonds is 2. The zero-order chi connectivity index (χ0) is 15.2. The second-order valence-corrected chi connectivity index (χ2v) is 5.47. The molecule has 0 aliphatic carbocycles. The smallest absolute Gasteiger partial charge is 0.267 e. The van der Waals surface area contributed by atoms with Gasteiger partial charge in [-0.2, -0.15) is 0 Å². The summed E-state index contributed by atoms with van der Waals surface area (Å²) in [6.07, 6.45) is 3.18. The second-order valence-electron chi connectivity index (χ2n) is 5.47. The van der Waals surface area contributed by atoms with Crippen molar-refractivity contribution in [3.8, 4) is 0 Å². The van der Waals surface area contributed by atoms with Gasteiger partial charge in [-0.1, -0.05) is 24.8 Å². The zero-order valence-corrected chi connectivity index (χ0v) is 11.8. The zero-order valence-electron chi connectivity index (χ0n) is 11.8. The molecule has 110 valence electrons. The molecular weight excluding hydrogens is 274 g/mol. The van der Waals surface area contributed by atoms with E-state index in [2.05, 4.69) is 6.58 Å². The van der Waals surface area contributed by atoms with Crippen LogP contribution >= 0.6 is 0 Å². The van der Waals surface area contributed by atoms with Crippen molar-refractivity contribution < 1.29 is 13.6 Å². The van der Waals surface area contributed by atoms with Crippen molar-refractivity contribution in [2.24, 2.45) is 7.05 Å². The maximum Gasteiger partial charge on any atom is 0.267 e. The number of carbonyl (C=O) groups excluding carboxylic acids is 1. The van der Waals surface area contributed by atoms with Crippen LogP contribution in [0.2, 0.25) is 0 Å². The molecule has 3 rings (SSSR count). The van der Waals surface area contributed by atoms with Crippen LogP contribution in [0, 0.1) is 0 Å². The number of nitrogens with zero attached hydrogens (tertiary/aromatic N) is 2. The van der Waals surface area contributed by atoms with E-state index in [0.29, 0.717) is 5.56 Å². The van der Waals surface area contributed by atoms with E-state index in [1.54, 1.807) is 12.3 Å². The topological polar surface area (TPSA) is 25.2 Å². The van der Waals surface area contributed by atoms with E-state index in [0.717, 1.165) is 16.5 Å². The van der Waals surface area contributed by atoms with Crippen molar-refractivity contribution in [3.05, 3.63) is 42.1 Å². The number of alkyl halides is 2. The quantitative estimate of drug-likeness (QED) is 0.833. The predicted octanol–water partition coefficient (Wildman–Crippen LogP) is 3.30. The molecule has 1 fully saturated rings. The van der Waals surface area contributed by atoms with Crippen LogP contribution < -0.4 is 0 Å². The molecule has 1 saturated heterocycles. The normalized spacial score (nSPS) is 17.4. The lowest BCUT2D eigenvalue weighted by Gasteiger charge is -2.15. The van der Waals surface area contributed by atoms with Gasteiger partial charge >= 0.3 is 0 Å². The number of aromatic nitrogens is 1. The molecule has 3 nitrogen and oxygen atoms in total. The number of fused-ring (bicyclic) bond motifs is 1. The largest absolute Gasteiger partial charge is 0.350 e. The molecule has 1 aliphatic rings. The van der Waals surface area contributed by atoms with Crippen LogP contribution in [0.5, 0.6) is 0 Å². The van der Waals surface area contributed by atoms with Gasteiger partial charge < -0.3 is 9.47 Å². The van der Waals surface area contributed by atoms with Gasteiger partial charge in [0.2, 0.25) is 0 Å². The van der Waals surface area contributed by atoms with Gasteiger partial charge in [-0.05, 0) is 11.6 Å². The Balaban J connectivity index is 2.01. The fourth-order valence-electron chi connectivity index (χ4n) is 2.78. The lowest BCUT2D eigenvalue weighted by atomic mass is 10.1. The van der Waals surface area contributed by atoms with Gasteiger partial charge in [0.15, 0.2) is 0 Å². The van der Waals surface area contributed by atoms with E-state index in [1.807, 2.05) is 29.8 Å². The number of hydrogen-bond acceptors (Lipinski definition) is 1. The standard InChI is InChI=1S/C16H16F2N2O/c1-3-11-4-5-12-13(9-19(2)14(12)8-11)15(21)20-7-6-16(17,18)10-20/h3-5,8-9H,1,6-7,10H2,2H3. The molecular formula is C16H16F2N2O. The summed E-state index contributed by atoms with van der Waals surface area (Å²) in [5.41, 5.74) is 2.32. The summed E-state index contributed by atoms with van der Waals surface area (Å²) in [5, 5.41) is 0.781. The third-order valence-corrected chi connectivity index (χ3v) is 3.94. The third kappa shape index (κ3) is 2.33. The van der Waals surface area contributed by atoms with Gasteiger partial charge in [-0.25, -0.2) is 8.78 Å². The molecule has 1 aliphatic heterocycles. The summed E-state index contributed by atoms with van der Waals surface area (Å²) < 4.78 is 28.4. The Morgan fingerprint density at radius 1 is 1.43 bits per heavy atom. The summed E-state index contributed by atoms with van der Waals surface area (Å²) in [6.45, 7) is 3.33. The highest BCUT2D eigenvalue weighted by molar-refractivity contribution is 6.07. The van der Waals surface area contributed by atoms with Crippen molar-refractivity contribution in [1.82, 2.24) is 9.47 Å². The number of carbonyl (C=O) groups is 1. The Morgan fingerprint density at radius 3 is 2.81 bits per heavy atom. The molecule has 0 atom stereocenters. The maximum absolute atomic E-state index is 13.3. The first-order chi connectivity index (χ1) is 9.91. The summed E-state index contributed by atoms with van der Waals surface area (Å²) in [5.74, 6) is -3.10. The Hall–Kier alpha value is -2.17. The van der Waals surface area contributed by atoms with E-state index in [-0.39, 0.29) is 18.9 Å². The lowest BCUT2D eigenvalue weighted by Crippen LogP contribution is -2.31. The number of hydrogen-bond donors (Lipinski definition) is 0. The number of benzene rings is 1. The highest BCUT2D eigenvalue weighted by Gasteiger charge is 2.40. The summed E-state index contributed by atoms with van der Waals surface area (Å²) in [4.78, 5) is 13.7. The van der Waals surface area contributed by atoms with Crippen molar-refractivity contribution in [3.63, 3.8) is 0 Å². The summed E-state index contributed by atoms with van der Waals surface area (Å²) in [6, 6.07) is 5.64.